The van der Waals surface area contributed by atoms with E-state index in [-0.39, 0.29) is 0 Å². The minimum atomic E-state index is 0.459. The summed E-state index contributed by atoms with van der Waals surface area (Å²) in [5.74, 6) is 0.459. The van der Waals surface area contributed by atoms with Gasteiger partial charge < -0.3 is 0 Å². The molecule has 0 unspecified atom stereocenters. The first kappa shape index (κ1) is 7.00. The zero-order chi connectivity index (χ0) is 7.40. The molecule has 0 aliphatic rings. The van der Waals surface area contributed by atoms with E-state index in [1.54, 1.807) is 0 Å². The van der Waals surface area contributed by atoms with Gasteiger partial charge in [0.15, 0.2) is 0 Å². The molecule has 1 rings (SSSR count). The molecule has 1 nitrogen and oxygen atoms in total. The number of carbonyl (C=O) groups excluding carboxylic acids is 1. The van der Waals surface area contributed by atoms with Crippen LogP contribution in [0.25, 0.3) is 0 Å². The largest absolute Gasteiger partial charge is 0.323 e. The first-order valence-corrected chi connectivity index (χ1v) is 3.44. The minimum absolute atomic E-state index is 0.459. The molecule has 0 spiro atoms. The van der Waals surface area contributed by atoms with Gasteiger partial charge in [0.2, 0.25) is 0 Å². The first-order valence-electron chi connectivity index (χ1n) is 3.44. The fourth-order valence-electron chi connectivity index (χ4n) is 0.835. The van der Waals surface area contributed by atoms with E-state index in [0.717, 1.165) is 5.56 Å². The molecular formula is C9H11O+. The lowest BCUT2D eigenvalue weighted by molar-refractivity contribution is 0.665. The van der Waals surface area contributed by atoms with Crippen molar-refractivity contribution in [3.8, 4) is 0 Å². The molecule has 1 aromatic carbocycles. The molecule has 0 heterocycles. The number of benzene rings is 1. The van der Waals surface area contributed by atoms with Crippen molar-refractivity contribution in [3.05, 3.63) is 35.9 Å². The molecule has 0 saturated heterocycles. The van der Waals surface area contributed by atoms with E-state index in [2.05, 4.69) is 0 Å². The lowest BCUT2D eigenvalue weighted by atomic mass is 10.1. The molecule has 0 fully saturated rings. The van der Waals surface area contributed by atoms with E-state index in [4.69, 9.17) is 0 Å². The van der Waals surface area contributed by atoms with Crippen molar-refractivity contribution in [2.75, 3.05) is 0 Å². The SMILES string of the molecule is CCC(=[OH+])c1ccccc1. The topological polar surface area (TPSA) is 21.4 Å². The van der Waals surface area contributed by atoms with Gasteiger partial charge in [-0.3, -0.25) is 4.79 Å². The highest BCUT2D eigenvalue weighted by Crippen LogP contribution is 2.00. The monoisotopic (exact) mass is 135 g/mol. The highest BCUT2D eigenvalue weighted by Gasteiger charge is 2.06. The Morgan fingerprint density at radius 1 is 1.30 bits per heavy atom. The van der Waals surface area contributed by atoms with E-state index < -0.39 is 0 Å². The molecule has 0 bridgehead atoms. The van der Waals surface area contributed by atoms with Crippen LogP contribution in [0, 0.1) is 0 Å². The van der Waals surface area contributed by atoms with Crippen LogP contribution in [0.4, 0.5) is 0 Å². The zero-order valence-corrected chi connectivity index (χ0v) is 6.04. The summed E-state index contributed by atoms with van der Waals surface area (Å²) in [5.41, 5.74) is 0.921. The average Bonchev–Trinajstić information content (AvgIpc) is 2.05. The van der Waals surface area contributed by atoms with E-state index in [1.165, 1.54) is 0 Å². The van der Waals surface area contributed by atoms with Crippen LogP contribution in [0.15, 0.2) is 30.3 Å². The highest BCUT2D eigenvalue weighted by atomic mass is 16.1. The summed E-state index contributed by atoms with van der Waals surface area (Å²) in [7, 11) is 0. The third kappa shape index (κ3) is 1.44. The predicted octanol–water partition coefficient (Wildman–Crippen LogP) is 1.99. The Labute approximate surface area is 60.7 Å². The number of hydrogen-bond acceptors (Lipinski definition) is 0. The number of hydrogen-bond donors (Lipinski definition) is 0. The van der Waals surface area contributed by atoms with Gasteiger partial charge in [-0.1, -0.05) is 25.1 Å². The van der Waals surface area contributed by atoms with E-state index >= 15 is 0 Å². The van der Waals surface area contributed by atoms with Crippen LogP contribution in [-0.2, 0) is 0 Å². The molecule has 1 heteroatoms. The second kappa shape index (κ2) is 3.16. The molecule has 0 aromatic heterocycles. The maximum absolute atomic E-state index is 9.25. The zero-order valence-electron chi connectivity index (χ0n) is 6.04. The van der Waals surface area contributed by atoms with E-state index in [1.807, 2.05) is 37.3 Å². The summed E-state index contributed by atoms with van der Waals surface area (Å²) < 4.78 is 0. The van der Waals surface area contributed by atoms with Crippen LogP contribution in [0.1, 0.15) is 18.9 Å². The molecule has 0 aliphatic heterocycles. The maximum Gasteiger partial charge on any atom is 0.323 e. The van der Waals surface area contributed by atoms with Crippen LogP contribution in [-0.4, -0.2) is 10.6 Å². The van der Waals surface area contributed by atoms with Gasteiger partial charge in [0, 0.05) is 0 Å². The van der Waals surface area contributed by atoms with Crippen LogP contribution < -0.4 is 0 Å². The standard InChI is InChI=1S/C9H10O/c1-2-9(10)8-6-4-3-5-7-8/h3-7H,2H2,1H3/p+1. The van der Waals surface area contributed by atoms with Gasteiger partial charge in [0.25, 0.3) is 0 Å². The normalized spacial score (nSPS) is 9.30. The van der Waals surface area contributed by atoms with Gasteiger partial charge in [-0.05, 0) is 12.1 Å². The molecule has 0 radical (unpaired) electrons. The third-order valence-electron chi connectivity index (χ3n) is 1.44. The fourth-order valence-corrected chi connectivity index (χ4v) is 0.835. The van der Waals surface area contributed by atoms with E-state index in [0.29, 0.717) is 12.2 Å². The van der Waals surface area contributed by atoms with Crippen molar-refractivity contribution < 1.29 is 4.79 Å². The maximum atomic E-state index is 9.25. The molecule has 0 amide bonds. The lowest BCUT2D eigenvalue weighted by Crippen LogP contribution is -1.96. The molecule has 52 valence electrons. The summed E-state index contributed by atoms with van der Waals surface area (Å²) in [4.78, 5) is 9.25. The van der Waals surface area contributed by atoms with Gasteiger partial charge >= 0.3 is 5.78 Å². The molecule has 0 saturated carbocycles. The Morgan fingerprint density at radius 3 is 2.40 bits per heavy atom. The van der Waals surface area contributed by atoms with Crippen molar-refractivity contribution in [2.45, 2.75) is 13.3 Å². The van der Waals surface area contributed by atoms with Crippen LogP contribution in [0.2, 0.25) is 0 Å². The minimum Gasteiger partial charge on any atom is -0.278 e. The van der Waals surface area contributed by atoms with Crippen molar-refractivity contribution in [1.82, 2.24) is 0 Å². The second-order valence-electron chi connectivity index (χ2n) is 2.17. The van der Waals surface area contributed by atoms with Crippen LogP contribution in [0.3, 0.4) is 0 Å². The number of ketones is 1. The van der Waals surface area contributed by atoms with Gasteiger partial charge in [-0.25, -0.2) is 0 Å². The summed E-state index contributed by atoms with van der Waals surface area (Å²) in [6.45, 7) is 1.93. The smallest absolute Gasteiger partial charge is 0.278 e. The summed E-state index contributed by atoms with van der Waals surface area (Å²) in [6.07, 6.45) is 0.698. The Balaban J connectivity index is 2.85. The lowest BCUT2D eigenvalue weighted by Gasteiger charge is -1.88. The predicted molar refractivity (Wildman–Crippen MR) is 42.8 cm³/mol. The highest BCUT2D eigenvalue weighted by molar-refractivity contribution is 5.96. The Morgan fingerprint density at radius 2 is 1.90 bits per heavy atom. The van der Waals surface area contributed by atoms with Crippen LogP contribution >= 0.6 is 0 Å². The molecule has 10 heavy (non-hydrogen) atoms. The molecule has 0 atom stereocenters. The van der Waals surface area contributed by atoms with Crippen molar-refractivity contribution in [2.24, 2.45) is 0 Å². The average molecular weight is 135 g/mol. The molecule has 0 aliphatic carbocycles. The molecule has 1 aromatic rings. The van der Waals surface area contributed by atoms with Gasteiger partial charge in [-0.15, -0.1) is 0 Å². The molecule has 1 N–H and O–H groups in total. The molecular weight excluding hydrogens is 124 g/mol. The van der Waals surface area contributed by atoms with Gasteiger partial charge in [-0.2, -0.15) is 0 Å². The third-order valence-corrected chi connectivity index (χ3v) is 1.44. The first-order chi connectivity index (χ1) is 4.84. The Kier molecular flexibility index (Phi) is 2.21. The summed E-state index contributed by atoms with van der Waals surface area (Å²) >= 11 is 0. The fraction of sp³-hybridized carbons (Fsp3) is 0.222. The van der Waals surface area contributed by atoms with Crippen LogP contribution in [0.5, 0.6) is 0 Å². The van der Waals surface area contributed by atoms with Gasteiger partial charge in [0.1, 0.15) is 0 Å². The quantitative estimate of drug-likeness (QED) is 0.437. The van der Waals surface area contributed by atoms with Crippen molar-refractivity contribution in [3.63, 3.8) is 0 Å². The second-order valence-corrected chi connectivity index (χ2v) is 2.17. The Bertz CT molecular complexity index is 213. The summed E-state index contributed by atoms with van der Waals surface area (Å²) in [5, 5.41) is 0. The van der Waals surface area contributed by atoms with E-state index in [9.17, 15) is 4.79 Å². The van der Waals surface area contributed by atoms with Crippen molar-refractivity contribution >= 4 is 5.78 Å². The van der Waals surface area contributed by atoms with Crippen molar-refractivity contribution in [1.29, 1.82) is 0 Å². The number of rotatable bonds is 2. The van der Waals surface area contributed by atoms with Gasteiger partial charge in [0.05, 0.1) is 12.0 Å². The Hall–Kier alpha value is -1.11. The summed E-state index contributed by atoms with van der Waals surface area (Å²) in [6, 6.07) is 9.58.